The number of anilines is 3. The monoisotopic (exact) mass is 317 g/mol. The van der Waals surface area contributed by atoms with Crippen LogP contribution in [0.25, 0.3) is 11.1 Å². The Labute approximate surface area is 118 Å². The first-order valence-electron chi connectivity index (χ1n) is 5.82. The molecule has 19 heavy (non-hydrogen) atoms. The summed E-state index contributed by atoms with van der Waals surface area (Å²) >= 11 is 3.50. The number of nitrogen functional groups attached to an aromatic ring is 1. The molecule has 0 unspecified atom stereocenters. The van der Waals surface area contributed by atoms with Gasteiger partial charge in [-0.05, 0) is 36.8 Å². The summed E-state index contributed by atoms with van der Waals surface area (Å²) in [6.07, 6.45) is 0. The molecule has 1 aromatic heterocycles. The largest absolute Gasteiger partial charge is 0.423 e. The van der Waals surface area contributed by atoms with E-state index in [0.29, 0.717) is 17.3 Å². The predicted molar refractivity (Wildman–Crippen MR) is 80.6 cm³/mol. The molecule has 4 nitrogen and oxygen atoms in total. The normalized spacial score (nSPS) is 10.8. The smallest absolute Gasteiger partial charge is 0.300 e. The fourth-order valence-electron chi connectivity index (χ4n) is 1.85. The zero-order valence-electron chi connectivity index (χ0n) is 10.3. The highest BCUT2D eigenvalue weighted by Crippen LogP contribution is 2.28. The Hall–Kier alpha value is -2.01. The minimum atomic E-state index is 0.460. The molecule has 96 valence electrons. The van der Waals surface area contributed by atoms with Crippen molar-refractivity contribution < 1.29 is 4.42 Å². The number of benzene rings is 2. The molecule has 5 heteroatoms. The molecule has 0 aliphatic heterocycles. The van der Waals surface area contributed by atoms with Crippen LogP contribution in [0, 0.1) is 6.92 Å². The Kier molecular flexibility index (Phi) is 2.91. The van der Waals surface area contributed by atoms with Gasteiger partial charge >= 0.3 is 0 Å². The van der Waals surface area contributed by atoms with Crippen LogP contribution >= 0.6 is 15.9 Å². The third kappa shape index (κ3) is 2.29. The third-order valence-corrected chi connectivity index (χ3v) is 3.78. The van der Waals surface area contributed by atoms with Crippen molar-refractivity contribution in [2.45, 2.75) is 6.92 Å². The van der Waals surface area contributed by atoms with Gasteiger partial charge in [-0.1, -0.05) is 22.0 Å². The quantitative estimate of drug-likeness (QED) is 0.694. The van der Waals surface area contributed by atoms with Crippen molar-refractivity contribution >= 4 is 44.4 Å². The van der Waals surface area contributed by atoms with E-state index in [-0.39, 0.29) is 0 Å². The molecule has 0 bridgehead atoms. The minimum absolute atomic E-state index is 0.460. The molecule has 0 saturated heterocycles. The summed E-state index contributed by atoms with van der Waals surface area (Å²) < 4.78 is 6.67. The molecule has 3 aromatic rings. The molecule has 0 aliphatic carbocycles. The number of oxazole rings is 1. The van der Waals surface area contributed by atoms with Crippen molar-refractivity contribution in [3.05, 3.63) is 46.4 Å². The maximum Gasteiger partial charge on any atom is 0.300 e. The van der Waals surface area contributed by atoms with Crippen LogP contribution in [0.3, 0.4) is 0 Å². The lowest BCUT2D eigenvalue weighted by Gasteiger charge is -2.06. The first-order chi connectivity index (χ1) is 9.13. The van der Waals surface area contributed by atoms with Gasteiger partial charge in [0.2, 0.25) is 0 Å². The van der Waals surface area contributed by atoms with E-state index < -0.39 is 0 Å². The van der Waals surface area contributed by atoms with Crippen LogP contribution < -0.4 is 11.1 Å². The summed E-state index contributed by atoms with van der Waals surface area (Å²) in [5.41, 5.74) is 9.89. The number of aromatic nitrogens is 1. The van der Waals surface area contributed by atoms with E-state index in [2.05, 4.69) is 26.2 Å². The third-order valence-electron chi connectivity index (χ3n) is 2.92. The molecular formula is C14H12BrN3O. The summed E-state index contributed by atoms with van der Waals surface area (Å²) in [7, 11) is 0. The van der Waals surface area contributed by atoms with Crippen molar-refractivity contribution in [2.75, 3.05) is 11.1 Å². The van der Waals surface area contributed by atoms with Crippen LogP contribution in [0.2, 0.25) is 0 Å². The summed E-state index contributed by atoms with van der Waals surface area (Å²) in [5.74, 6) is 0. The van der Waals surface area contributed by atoms with Gasteiger partial charge < -0.3 is 15.5 Å². The Bertz CT molecular complexity index is 752. The van der Waals surface area contributed by atoms with Crippen molar-refractivity contribution in [2.24, 2.45) is 0 Å². The van der Waals surface area contributed by atoms with E-state index in [1.54, 1.807) is 12.1 Å². The molecule has 3 N–H and O–H groups in total. The van der Waals surface area contributed by atoms with Crippen LogP contribution in [0.4, 0.5) is 17.4 Å². The number of nitrogens with two attached hydrogens (primary N) is 1. The maximum atomic E-state index is 5.72. The fourth-order valence-corrected chi connectivity index (χ4v) is 2.22. The molecule has 0 spiro atoms. The highest BCUT2D eigenvalue weighted by molar-refractivity contribution is 9.10. The lowest BCUT2D eigenvalue weighted by Crippen LogP contribution is -1.93. The van der Waals surface area contributed by atoms with Crippen LogP contribution in [-0.4, -0.2) is 4.98 Å². The zero-order chi connectivity index (χ0) is 13.4. The number of hydrogen-bond acceptors (Lipinski definition) is 4. The van der Waals surface area contributed by atoms with Crippen molar-refractivity contribution in [1.82, 2.24) is 4.98 Å². The molecule has 0 aliphatic rings. The summed E-state index contributed by atoms with van der Waals surface area (Å²) in [5, 5.41) is 3.17. The Morgan fingerprint density at radius 2 is 2.11 bits per heavy atom. The number of nitrogens with zero attached hydrogens (tertiary/aromatic N) is 1. The van der Waals surface area contributed by atoms with Gasteiger partial charge in [-0.25, -0.2) is 0 Å². The second kappa shape index (κ2) is 4.59. The van der Waals surface area contributed by atoms with E-state index >= 15 is 0 Å². The van der Waals surface area contributed by atoms with Gasteiger partial charge in [-0.15, -0.1) is 0 Å². The van der Waals surface area contributed by atoms with Gasteiger partial charge in [0.25, 0.3) is 6.01 Å². The van der Waals surface area contributed by atoms with Gasteiger partial charge in [-0.2, -0.15) is 4.98 Å². The summed E-state index contributed by atoms with van der Waals surface area (Å²) in [4.78, 5) is 4.37. The number of nitrogens with one attached hydrogen (secondary N) is 1. The van der Waals surface area contributed by atoms with Gasteiger partial charge in [-0.3, -0.25) is 0 Å². The topological polar surface area (TPSA) is 64.1 Å². The van der Waals surface area contributed by atoms with Crippen LogP contribution in [0.5, 0.6) is 0 Å². The molecule has 0 saturated carbocycles. The maximum absolute atomic E-state index is 5.72. The van der Waals surface area contributed by atoms with Crippen LogP contribution in [0.15, 0.2) is 45.3 Å². The Morgan fingerprint density at radius 3 is 2.95 bits per heavy atom. The number of fused-ring (bicyclic) bond motifs is 1. The average Bonchev–Trinajstić information content (AvgIpc) is 2.76. The van der Waals surface area contributed by atoms with Gasteiger partial charge in [0.15, 0.2) is 5.58 Å². The van der Waals surface area contributed by atoms with E-state index in [1.165, 1.54) is 0 Å². The molecule has 2 aromatic carbocycles. The lowest BCUT2D eigenvalue weighted by molar-refractivity contribution is 0.623. The standard InChI is InChI=1S/C14H12BrN3O/c1-8-10(15)3-2-4-11(8)17-14-18-12-6-5-9(16)7-13(12)19-14/h2-7H,16H2,1H3,(H,17,18). The molecule has 3 rings (SSSR count). The van der Waals surface area contributed by atoms with Crippen LogP contribution in [0.1, 0.15) is 5.56 Å². The van der Waals surface area contributed by atoms with E-state index in [1.807, 2.05) is 31.2 Å². The summed E-state index contributed by atoms with van der Waals surface area (Å²) in [6.45, 7) is 2.02. The molecule has 0 fully saturated rings. The van der Waals surface area contributed by atoms with Crippen molar-refractivity contribution in [3.63, 3.8) is 0 Å². The van der Waals surface area contributed by atoms with Gasteiger partial charge in [0.05, 0.1) is 0 Å². The minimum Gasteiger partial charge on any atom is -0.423 e. The molecule has 0 amide bonds. The van der Waals surface area contributed by atoms with E-state index in [0.717, 1.165) is 21.2 Å². The first kappa shape index (κ1) is 12.0. The average molecular weight is 318 g/mol. The Morgan fingerprint density at radius 1 is 1.26 bits per heavy atom. The molecule has 0 radical (unpaired) electrons. The van der Waals surface area contributed by atoms with Gasteiger partial charge in [0.1, 0.15) is 5.52 Å². The highest BCUT2D eigenvalue weighted by Gasteiger charge is 2.08. The SMILES string of the molecule is Cc1c(Br)cccc1Nc1nc2ccc(N)cc2o1. The lowest BCUT2D eigenvalue weighted by atomic mass is 10.2. The van der Waals surface area contributed by atoms with Gasteiger partial charge in [0, 0.05) is 21.9 Å². The fraction of sp³-hybridized carbons (Fsp3) is 0.0714. The van der Waals surface area contributed by atoms with Crippen molar-refractivity contribution in [3.8, 4) is 0 Å². The molecular weight excluding hydrogens is 306 g/mol. The number of hydrogen-bond donors (Lipinski definition) is 2. The van der Waals surface area contributed by atoms with E-state index in [4.69, 9.17) is 10.2 Å². The summed E-state index contributed by atoms with van der Waals surface area (Å²) in [6, 6.07) is 11.8. The van der Waals surface area contributed by atoms with Crippen LogP contribution in [-0.2, 0) is 0 Å². The number of halogens is 1. The molecule has 0 atom stereocenters. The number of rotatable bonds is 2. The predicted octanol–water partition coefficient (Wildman–Crippen LogP) is 4.22. The second-order valence-electron chi connectivity index (χ2n) is 4.28. The van der Waals surface area contributed by atoms with E-state index in [9.17, 15) is 0 Å². The second-order valence-corrected chi connectivity index (χ2v) is 5.14. The van der Waals surface area contributed by atoms with Crippen molar-refractivity contribution in [1.29, 1.82) is 0 Å². The highest BCUT2D eigenvalue weighted by atomic mass is 79.9. The molecule has 1 heterocycles. The first-order valence-corrected chi connectivity index (χ1v) is 6.61. The zero-order valence-corrected chi connectivity index (χ0v) is 11.9. The Balaban J connectivity index is 1.99.